The van der Waals surface area contributed by atoms with Gasteiger partial charge in [-0.2, -0.15) is 4.98 Å². The minimum atomic E-state index is -0.802. The summed E-state index contributed by atoms with van der Waals surface area (Å²) < 4.78 is 7.28. The average Bonchev–Trinajstić information content (AvgIpc) is 3.11. The van der Waals surface area contributed by atoms with Crippen molar-refractivity contribution >= 4 is 28.8 Å². The number of aliphatic hydroxyl groups is 1. The number of amides is 1. The zero-order chi connectivity index (χ0) is 19.0. The van der Waals surface area contributed by atoms with Gasteiger partial charge in [0, 0.05) is 18.8 Å². The van der Waals surface area contributed by atoms with Crippen LogP contribution in [0.1, 0.15) is 39.8 Å². The van der Waals surface area contributed by atoms with Crippen LogP contribution in [0.5, 0.6) is 0 Å². The molecule has 3 heterocycles. The van der Waals surface area contributed by atoms with Crippen LogP contribution >= 0.6 is 0 Å². The first-order valence-electron chi connectivity index (χ1n) is 8.37. The lowest BCUT2D eigenvalue weighted by molar-refractivity contribution is -0.121. The molecule has 1 aliphatic rings. The number of hydrogen-bond donors (Lipinski definition) is 3. The van der Waals surface area contributed by atoms with E-state index in [9.17, 15) is 19.5 Å². The van der Waals surface area contributed by atoms with E-state index < -0.39 is 24.0 Å². The monoisotopic (exact) mass is 363 g/mol. The number of anilines is 1. The van der Waals surface area contributed by atoms with Crippen molar-refractivity contribution in [2.24, 2.45) is 5.92 Å². The average molecular weight is 363 g/mol. The first-order valence-corrected chi connectivity index (χ1v) is 8.37. The van der Waals surface area contributed by atoms with E-state index >= 15 is 0 Å². The summed E-state index contributed by atoms with van der Waals surface area (Å²) in [5, 5.41) is 12.7. The minimum Gasteiger partial charge on any atom is -0.390 e. The van der Waals surface area contributed by atoms with Crippen molar-refractivity contribution in [3.05, 3.63) is 16.7 Å². The van der Waals surface area contributed by atoms with Gasteiger partial charge in [-0.3, -0.25) is 29.3 Å². The Kier molecular flexibility index (Phi) is 4.88. The fraction of sp³-hybridized carbons (Fsp3) is 0.562. The molecule has 0 saturated carbocycles. The van der Waals surface area contributed by atoms with Crippen LogP contribution < -0.4 is 10.9 Å². The molecular weight excluding hydrogens is 342 g/mol. The summed E-state index contributed by atoms with van der Waals surface area (Å²) in [7, 11) is 0. The Morgan fingerprint density at radius 3 is 2.88 bits per heavy atom. The second-order valence-electron chi connectivity index (χ2n) is 6.72. The molecule has 1 amide bonds. The molecule has 0 aromatic carbocycles. The van der Waals surface area contributed by atoms with Crippen molar-refractivity contribution in [2.45, 2.75) is 52.0 Å². The molecule has 0 spiro atoms. The number of carbonyl (C=O) groups is 2. The van der Waals surface area contributed by atoms with E-state index in [1.54, 1.807) is 13.8 Å². The maximum absolute atomic E-state index is 12.2. The first-order chi connectivity index (χ1) is 12.3. The van der Waals surface area contributed by atoms with Crippen LogP contribution in [-0.2, 0) is 14.3 Å². The fourth-order valence-electron chi connectivity index (χ4n) is 2.81. The normalized spacial score (nSPS) is 22.9. The quantitative estimate of drug-likeness (QED) is 0.696. The van der Waals surface area contributed by atoms with Crippen LogP contribution in [0.2, 0.25) is 0 Å². The number of Topliss-reactive ketones (excluding diaryl/α,β-unsaturated/α-hetero) is 1. The maximum atomic E-state index is 12.2. The van der Waals surface area contributed by atoms with Gasteiger partial charge in [-0.1, -0.05) is 13.8 Å². The summed E-state index contributed by atoms with van der Waals surface area (Å²) in [6.07, 6.45) is -0.281. The molecule has 3 atom stereocenters. The third-order valence-electron chi connectivity index (χ3n) is 4.20. The van der Waals surface area contributed by atoms with Gasteiger partial charge < -0.3 is 9.84 Å². The van der Waals surface area contributed by atoms with Gasteiger partial charge in [-0.25, -0.2) is 4.98 Å². The number of imidazole rings is 1. The molecule has 2 aromatic rings. The Labute approximate surface area is 148 Å². The standard InChI is InChI=1S/C16H21N5O5/c1-7(2)14(24)19-16-18-13-12(15(25)20-16)17-6-21(13)11-5-9(23)10(26-11)4-8(3)22/h6-7,9-11,23H,4-5H2,1-3H3,(H2,18,19,20,24,25)/t9-,10+,11+/m0/s1. The highest BCUT2D eigenvalue weighted by atomic mass is 16.5. The summed E-state index contributed by atoms with van der Waals surface area (Å²) >= 11 is 0. The molecule has 10 nitrogen and oxygen atoms in total. The van der Waals surface area contributed by atoms with E-state index in [0.717, 1.165) is 0 Å². The molecule has 1 aliphatic heterocycles. The number of aromatic nitrogens is 4. The van der Waals surface area contributed by atoms with E-state index in [4.69, 9.17) is 4.74 Å². The molecule has 26 heavy (non-hydrogen) atoms. The van der Waals surface area contributed by atoms with Crippen molar-refractivity contribution in [1.82, 2.24) is 19.5 Å². The number of H-pyrrole nitrogens is 1. The van der Waals surface area contributed by atoms with Gasteiger partial charge in [0.2, 0.25) is 11.9 Å². The highest BCUT2D eigenvalue weighted by molar-refractivity contribution is 5.91. The maximum Gasteiger partial charge on any atom is 0.280 e. The van der Waals surface area contributed by atoms with Crippen LogP contribution in [-0.4, -0.2) is 48.5 Å². The lowest BCUT2D eigenvalue weighted by Crippen LogP contribution is -2.23. The van der Waals surface area contributed by atoms with Crippen molar-refractivity contribution in [3.8, 4) is 0 Å². The summed E-state index contributed by atoms with van der Waals surface area (Å²) in [6, 6.07) is 0. The number of aliphatic hydroxyl groups excluding tert-OH is 1. The SMILES string of the molecule is CC(=O)C[C@H]1O[C@@H](n2cnc3c(=O)[nH]c(NC(=O)C(C)C)nc32)C[C@@H]1O. The molecule has 0 radical (unpaired) electrons. The van der Waals surface area contributed by atoms with Crippen molar-refractivity contribution in [2.75, 3.05) is 5.32 Å². The zero-order valence-corrected chi connectivity index (χ0v) is 14.7. The van der Waals surface area contributed by atoms with Crippen molar-refractivity contribution < 1.29 is 19.4 Å². The summed E-state index contributed by atoms with van der Waals surface area (Å²) in [5.41, 5.74) is -0.166. The molecule has 0 unspecified atom stereocenters. The minimum absolute atomic E-state index is 0.0155. The topological polar surface area (TPSA) is 139 Å². The van der Waals surface area contributed by atoms with Crippen molar-refractivity contribution in [3.63, 3.8) is 0 Å². The number of ether oxygens (including phenoxy) is 1. The molecule has 3 N–H and O–H groups in total. The molecule has 140 valence electrons. The summed E-state index contributed by atoms with van der Waals surface area (Å²) in [4.78, 5) is 46.1. The molecule has 0 bridgehead atoms. The number of fused-ring (bicyclic) bond motifs is 1. The third-order valence-corrected chi connectivity index (χ3v) is 4.20. The largest absolute Gasteiger partial charge is 0.390 e. The lowest BCUT2D eigenvalue weighted by atomic mass is 10.1. The van der Waals surface area contributed by atoms with Crippen LogP contribution in [0.4, 0.5) is 5.95 Å². The van der Waals surface area contributed by atoms with Crippen LogP contribution in [0.3, 0.4) is 0 Å². The van der Waals surface area contributed by atoms with E-state index in [0.29, 0.717) is 0 Å². The summed E-state index contributed by atoms with van der Waals surface area (Å²) in [5.74, 6) is -0.630. The molecule has 10 heteroatoms. The Hall–Kier alpha value is -2.59. The van der Waals surface area contributed by atoms with E-state index in [2.05, 4.69) is 20.3 Å². The number of carbonyl (C=O) groups excluding carboxylic acids is 2. The van der Waals surface area contributed by atoms with E-state index in [1.807, 2.05) is 0 Å². The van der Waals surface area contributed by atoms with Gasteiger partial charge in [0.1, 0.15) is 12.0 Å². The third kappa shape index (κ3) is 3.51. The van der Waals surface area contributed by atoms with Gasteiger partial charge in [0.25, 0.3) is 5.56 Å². The Morgan fingerprint density at radius 2 is 2.23 bits per heavy atom. The van der Waals surface area contributed by atoms with Crippen LogP contribution in [0.15, 0.2) is 11.1 Å². The Balaban J connectivity index is 1.92. The van der Waals surface area contributed by atoms with Crippen LogP contribution in [0.25, 0.3) is 11.2 Å². The lowest BCUT2D eigenvalue weighted by Gasteiger charge is -2.14. The van der Waals surface area contributed by atoms with Gasteiger partial charge >= 0.3 is 0 Å². The molecule has 0 aliphatic carbocycles. The number of hydrogen-bond acceptors (Lipinski definition) is 7. The number of ketones is 1. The van der Waals surface area contributed by atoms with Gasteiger partial charge in [-0.15, -0.1) is 0 Å². The van der Waals surface area contributed by atoms with Crippen molar-refractivity contribution in [1.29, 1.82) is 0 Å². The number of aromatic amines is 1. The molecule has 3 rings (SSSR count). The first kappa shape index (κ1) is 18.2. The van der Waals surface area contributed by atoms with E-state index in [-0.39, 0.29) is 47.6 Å². The smallest absolute Gasteiger partial charge is 0.280 e. The fourth-order valence-corrected chi connectivity index (χ4v) is 2.81. The Bertz CT molecular complexity index is 902. The summed E-state index contributed by atoms with van der Waals surface area (Å²) in [6.45, 7) is 4.87. The predicted molar refractivity (Wildman–Crippen MR) is 91.4 cm³/mol. The highest BCUT2D eigenvalue weighted by Gasteiger charge is 2.36. The van der Waals surface area contributed by atoms with Gasteiger partial charge in [0.05, 0.1) is 18.5 Å². The molecule has 1 fully saturated rings. The number of nitrogens with zero attached hydrogens (tertiary/aromatic N) is 3. The van der Waals surface area contributed by atoms with Gasteiger partial charge in [-0.05, 0) is 6.92 Å². The molecular formula is C16H21N5O5. The highest BCUT2D eigenvalue weighted by Crippen LogP contribution is 2.32. The predicted octanol–water partition coefficient (Wildman–Crippen LogP) is 0.342. The zero-order valence-electron chi connectivity index (χ0n) is 14.7. The Morgan fingerprint density at radius 1 is 1.50 bits per heavy atom. The number of rotatable bonds is 5. The second kappa shape index (κ2) is 6.96. The number of nitrogens with one attached hydrogen (secondary N) is 2. The second-order valence-corrected chi connectivity index (χ2v) is 6.72. The molecule has 1 saturated heterocycles. The van der Waals surface area contributed by atoms with E-state index in [1.165, 1.54) is 17.8 Å². The van der Waals surface area contributed by atoms with Crippen LogP contribution in [0, 0.1) is 5.92 Å². The molecule has 2 aromatic heterocycles. The van der Waals surface area contributed by atoms with Gasteiger partial charge in [0.15, 0.2) is 11.2 Å².